The van der Waals surface area contributed by atoms with E-state index >= 15 is 0 Å². The predicted octanol–water partition coefficient (Wildman–Crippen LogP) is 0.168. The number of hydrogen-bond donors (Lipinski definition) is 1. The molecule has 106 valence electrons. The summed E-state index contributed by atoms with van der Waals surface area (Å²) in [4.78, 5) is 14.6. The summed E-state index contributed by atoms with van der Waals surface area (Å²) in [6.45, 7) is 4.78. The Labute approximate surface area is 113 Å². The quantitative estimate of drug-likeness (QED) is 0.740. The first kappa shape index (κ1) is 13.1. The fourth-order valence-corrected chi connectivity index (χ4v) is 3.08. The van der Waals surface area contributed by atoms with Crippen LogP contribution in [0.25, 0.3) is 0 Å². The first-order chi connectivity index (χ1) is 9.34. The van der Waals surface area contributed by atoms with Crippen molar-refractivity contribution in [2.45, 2.75) is 24.9 Å². The van der Waals surface area contributed by atoms with Crippen LogP contribution in [-0.4, -0.2) is 62.4 Å². The van der Waals surface area contributed by atoms with Gasteiger partial charge in [0.15, 0.2) is 0 Å². The molecule has 0 aromatic heterocycles. The van der Waals surface area contributed by atoms with Gasteiger partial charge in [-0.3, -0.25) is 9.69 Å². The first-order valence-electron chi connectivity index (χ1n) is 7.19. The Balaban J connectivity index is 1.55. The number of carbonyl (C=O) groups is 1. The number of hydrogen-bond acceptors (Lipinski definition) is 4. The minimum Gasteiger partial charge on any atom is -0.379 e. The fraction of sp³-hybridized carbons (Fsp3) is 0.786. The van der Waals surface area contributed by atoms with Crippen molar-refractivity contribution in [2.75, 3.05) is 39.5 Å². The van der Waals surface area contributed by atoms with Gasteiger partial charge in [-0.15, -0.1) is 0 Å². The summed E-state index contributed by atoms with van der Waals surface area (Å²) >= 11 is 0. The highest BCUT2D eigenvalue weighted by Crippen LogP contribution is 2.20. The van der Waals surface area contributed by atoms with Crippen LogP contribution in [0.15, 0.2) is 12.2 Å². The molecule has 5 heteroatoms. The number of allylic oxidation sites excluding steroid dienone is 2. The van der Waals surface area contributed by atoms with Crippen molar-refractivity contribution in [1.29, 1.82) is 0 Å². The molecule has 3 rings (SSSR count). The van der Waals surface area contributed by atoms with Crippen LogP contribution >= 0.6 is 0 Å². The monoisotopic (exact) mass is 266 g/mol. The minimum atomic E-state index is 0.130. The molecule has 0 aromatic carbocycles. The van der Waals surface area contributed by atoms with E-state index in [-0.39, 0.29) is 17.9 Å². The topological polar surface area (TPSA) is 50.8 Å². The predicted molar refractivity (Wildman–Crippen MR) is 70.8 cm³/mol. The second-order valence-electron chi connectivity index (χ2n) is 5.51. The van der Waals surface area contributed by atoms with Crippen LogP contribution in [0, 0.1) is 5.92 Å². The van der Waals surface area contributed by atoms with Gasteiger partial charge in [0.2, 0.25) is 5.91 Å². The van der Waals surface area contributed by atoms with Gasteiger partial charge in [0.05, 0.1) is 38.5 Å². The zero-order valence-electron chi connectivity index (χ0n) is 11.2. The van der Waals surface area contributed by atoms with E-state index in [0.29, 0.717) is 19.3 Å². The van der Waals surface area contributed by atoms with Crippen molar-refractivity contribution < 1.29 is 14.3 Å². The van der Waals surface area contributed by atoms with Crippen molar-refractivity contribution >= 4 is 5.91 Å². The van der Waals surface area contributed by atoms with Crippen LogP contribution in [0.1, 0.15) is 12.8 Å². The zero-order chi connectivity index (χ0) is 13.1. The van der Waals surface area contributed by atoms with Crippen molar-refractivity contribution in [3.05, 3.63) is 12.2 Å². The Morgan fingerprint density at radius 1 is 1.11 bits per heavy atom. The van der Waals surface area contributed by atoms with Gasteiger partial charge in [0.1, 0.15) is 0 Å². The lowest BCUT2D eigenvalue weighted by molar-refractivity contribution is -0.125. The largest absolute Gasteiger partial charge is 0.379 e. The maximum absolute atomic E-state index is 12.2. The number of carbonyl (C=O) groups excluding carboxylic acids is 1. The standard InChI is InChI=1S/C14H22N2O3/c17-14(11-3-1-2-4-11)15-12-9-19-10-13(12)16-5-7-18-8-6-16/h1-2,11-13H,3-10H2,(H,15,17)/t12-,13-/m0/s1. The van der Waals surface area contributed by atoms with E-state index in [0.717, 1.165) is 39.1 Å². The fourth-order valence-electron chi connectivity index (χ4n) is 3.08. The van der Waals surface area contributed by atoms with E-state index in [1.165, 1.54) is 0 Å². The van der Waals surface area contributed by atoms with E-state index < -0.39 is 0 Å². The maximum Gasteiger partial charge on any atom is 0.224 e. The molecule has 2 atom stereocenters. The van der Waals surface area contributed by atoms with Crippen molar-refractivity contribution in [3.63, 3.8) is 0 Å². The van der Waals surface area contributed by atoms with Gasteiger partial charge < -0.3 is 14.8 Å². The average molecular weight is 266 g/mol. The van der Waals surface area contributed by atoms with Crippen LogP contribution in [0.2, 0.25) is 0 Å². The number of nitrogens with one attached hydrogen (secondary N) is 1. The van der Waals surface area contributed by atoms with E-state index in [4.69, 9.17) is 9.47 Å². The molecule has 2 fully saturated rings. The highest BCUT2D eigenvalue weighted by atomic mass is 16.5. The molecule has 2 aliphatic heterocycles. The third-order valence-corrected chi connectivity index (χ3v) is 4.27. The van der Waals surface area contributed by atoms with Gasteiger partial charge in [0, 0.05) is 19.0 Å². The molecule has 19 heavy (non-hydrogen) atoms. The second-order valence-corrected chi connectivity index (χ2v) is 5.51. The maximum atomic E-state index is 12.2. The van der Waals surface area contributed by atoms with E-state index in [1.807, 2.05) is 0 Å². The summed E-state index contributed by atoms with van der Waals surface area (Å²) in [5.74, 6) is 0.310. The molecule has 0 unspecified atom stereocenters. The number of nitrogens with zero attached hydrogens (tertiary/aromatic N) is 1. The molecular weight excluding hydrogens is 244 g/mol. The normalized spacial score (nSPS) is 32.8. The first-order valence-corrected chi connectivity index (χ1v) is 7.19. The number of rotatable bonds is 3. The molecule has 0 aromatic rings. The van der Waals surface area contributed by atoms with E-state index in [9.17, 15) is 4.79 Å². The van der Waals surface area contributed by atoms with Gasteiger partial charge >= 0.3 is 0 Å². The van der Waals surface area contributed by atoms with Gasteiger partial charge in [0.25, 0.3) is 0 Å². The number of morpholine rings is 1. The summed E-state index contributed by atoms with van der Waals surface area (Å²) in [6, 6.07) is 0.438. The van der Waals surface area contributed by atoms with E-state index in [1.54, 1.807) is 0 Å². The highest BCUT2D eigenvalue weighted by molar-refractivity contribution is 5.79. The average Bonchev–Trinajstić information content (AvgIpc) is 3.11. The SMILES string of the molecule is O=C(N[C@H]1COC[C@@H]1N1CCOCC1)C1CC=CC1. The molecule has 2 saturated heterocycles. The van der Waals surface area contributed by atoms with Crippen LogP contribution < -0.4 is 5.32 Å². The summed E-state index contributed by atoms with van der Waals surface area (Å²) in [6.07, 6.45) is 5.94. The minimum absolute atomic E-state index is 0.130. The Kier molecular flexibility index (Phi) is 4.15. The smallest absolute Gasteiger partial charge is 0.224 e. The molecule has 0 radical (unpaired) electrons. The molecular formula is C14H22N2O3. The van der Waals surface area contributed by atoms with Crippen LogP contribution in [0.3, 0.4) is 0 Å². The second kappa shape index (κ2) is 6.03. The lowest BCUT2D eigenvalue weighted by Crippen LogP contribution is -2.54. The summed E-state index contributed by atoms with van der Waals surface area (Å²) in [5, 5.41) is 3.18. The van der Waals surface area contributed by atoms with Crippen LogP contribution in [0.5, 0.6) is 0 Å². The number of ether oxygens (including phenoxy) is 2. The highest BCUT2D eigenvalue weighted by Gasteiger charge is 2.35. The molecule has 1 amide bonds. The summed E-state index contributed by atoms with van der Waals surface area (Å²) < 4.78 is 11.0. The molecule has 2 heterocycles. The van der Waals surface area contributed by atoms with Crippen molar-refractivity contribution in [2.24, 2.45) is 5.92 Å². The van der Waals surface area contributed by atoms with E-state index in [2.05, 4.69) is 22.4 Å². The summed E-state index contributed by atoms with van der Waals surface area (Å²) in [7, 11) is 0. The lowest BCUT2D eigenvalue weighted by atomic mass is 10.0. The zero-order valence-corrected chi connectivity index (χ0v) is 11.2. The molecule has 5 nitrogen and oxygen atoms in total. The van der Waals surface area contributed by atoms with Gasteiger partial charge in [-0.05, 0) is 12.8 Å². The Morgan fingerprint density at radius 3 is 2.58 bits per heavy atom. The molecule has 0 spiro atoms. The van der Waals surface area contributed by atoms with Gasteiger partial charge in [-0.1, -0.05) is 12.2 Å². The lowest BCUT2D eigenvalue weighted by Gasteiger charge is -2.34. The van der Waals surface area contributed by atoms with Gasteiger partial charge in [-0.25, -0.2) is 0 Å². The Morgan fingerprint density at radius 2 is 1.84 bits per heavy atom. The molecule has 1 N–H and O–H groups in total. The van der Waals surface area contributed by atoms with Crippen LogP contribution in [0.4, 0.5) is 0 Å². The van der Waals surface area contributed by atoms with Crippen molar-refractivity contribution in [1.82, 2.24) is 10.2 Å². The molecule has 0 bridgehead atoms. The summed E-state index contributed by atoms with van der Waals surface area (Å²) in [5.41, 5.74) is 0. The van der Waals surface area contributed by atoms with Gasteiger partial charge in [-0.2, -0.15) is 0 Å². The van der Waals surface area contributed by atoms with Crippen molar-refractivity contribution in [3.8, 4) is 0 Å². The molecule has 3 aliphatic rings. The molecule has 0 saturated carbocycles. The van der Waals surface area contributed by atoms with Crippen LogP contribution in [-0.2, 0) is 14.3 Å². The third kappa shape index (κ3) is 2.99. The Hall–Kier alpha value is -0.910. The Bertz CT molecular complexity index is 345. The third-order valence-electron chi connectivity index (χ3n) is 4.27. The molecule has 1 aliphatic carbocycles. The number of amides is 1.